The molecule has 0 bridgehead atoms. The predicted molar refractivity (Wildman–Crippen MR) is 119 cm³/mol. The van der Waals surface area contributed by atoms with Crippen molar-refractivity contribution in [2.75, 3.05) is 13.7 Å². The number of para-hydroxylation sites is 1. The molecule has 3 rings (SSSR count). The molecule has 0 radical (unpaired) electrons. The third kappa shape index (κ3) is 5.61. The molecule has 164 valence electrons. The van der Waals surface area contributed by atoms with Gasteiger partial charge in [-0.2, -0.15) is 5.10 Å². The molecule has 2 amide bonds. The molecule has 3 aromatic rings. The number of aromatic nitrogens is 2. The van der Waals surface area contributed by atoms with Crippen molar-refractivity contribution in [1.29, 1.82) is 0 Å². The number of amides is 2. The van der Waals surface area contributed by atoms with Crippen LogP contribution in [0, 0.1) is 6.92 Å². The number of carbonyl (C=O) groups excluding carboxylic acids is 3. The number of nitrogens with one attached hydrogen (secondary N) is 1. The zero-order valence-electron chi connectivity index (χ0n) is 17.4. The zero-order chi connectivity index (χ0) is 23.1. The van der Waals surface area contributed by atoms with Crippen LogP contribution in [0.15, 0.2) is 60.7 Å². The summed E-state index contributed by atoms with van der Waals surface area (Å²) in [6, 6.07) is 15.5. The number of hydrogen-bond acceptors (Lipinski definition) is 6. The van der Waals surface area contributed by atoms with Crippen LogP contribution in [0.2, 0.25) is 5.15 Å². The number of halogens is 1. The van der Waals surface area contributed by atoms with Gasteiger partial charge in [0.15, 0.2) is 6.61 Å². The Morgan fingerprint density at radius 3 is 2.44 bits per heavy atom. The van der Waals surface area contributed by atoms with E-state index in [0.29, 0.717) is 22.2 Å². The topological polar surface area (TPSA) is 99.5 Å². The minimum atomic E-state index is -0.764. The van der Waals surface area contributed by atoms with Crippen molar-refractivity contribution in [2.24, 2.45) is 0 Å². The number of benzene rings is 2. The van der Waals surface area contributed by atoms with Gasteiger partial charge in [0, 0.05) is 17.2 Å². The molecule has 8 nitrogen and oxygen atoms in total. The highest BCUT2D eigenvalue weighted by Gasteiger charge is 2.14. The molecule has 0 fully saturated rings. The Kier molecular flexibility index (Phi) is 7.41. The zero-order valence-corrected chi connectivity index (χ0v) is 18.1. The minimum absolute atomic E-state index is 0.269. The fraction of sp³-hybridized carbons (Fsp3) is 0.130. The lowest BCUT2D eigenvalue weighted by molar-refractivity contribution is -0.143. The van der Waals surface area contributed by atoms with Crippen LogP contribution in [0.4, 0.5) is 0 Å². The molecule has 1 heterocycles. The Hall–Kier alpha value is -3.91. The molecule has 0 spiro atoms. The first kappa shape index (κ1) is 22.8. The Labute approximate surface area is 189 Å². The van der Waals surface area contributed by atoms with Crippen LogP contribution in [-0.2, 0) is 14.3 Å². The van der Waals surface area contributed by atoms with Crippen molar-refractivity contribution >= 4 is 35.5 Å². The summed E-state index contributed by atoms with van der Waals surface area (Å²) in [5.41, 5.74) is 2.21. The van der Waals surface area contributed by atoms with Crippen molar-refractivity contribution in [2.45, 2.75) is 6.92 Å². The Bertz CT molecular complexity index is 1150. The molecular weight excluding hydrogens is 434 g/mol. The lowest BCUT2D eigenvalue weighted by Gasteiger charge is -2.05. The van der Waals surface area contributed by atoms with Gasteiger partial charge in [0.2, 0.25) is 0 Å². The summed E-state index contributed by atoms with van der Waals surface area (Å²) in [5.74, 6) is -1.54. The molecule has 0 aliphatic heterocycles. The highest BCUT2D eigenvalue weighted by Crippen LogP contribution is 2.24. The first-order valence-electron chi connectivity index (χ1n) is 9.52. The van der Waals surface area contributed by atoms with E-state index in [9.17, 15) is 14.4 Å². The number of imide groups is 1. The highest BCUT2D eigenvalue weighted by atomic mass is 35.5. The second-order valence-electron chi connectivity index (χ2n) is 6.58. The maximum Gasteiger partial charge on any atom is 0.331 e. The molecule has 0 saturated heterocycles. The molecule has 2 aromatic carbocycles. The van der Waals surface area contributed by atoms with Gasteiger partial charge in [-0.15, -0.1) is 0 Å². The van der Waals surface area contributed by atoms with Crippen LogP contribution in [0.3, 0.4) is 0 Å². The fourth-order valence-electron chi connectivity index (χ4n) is 2.75. The van der Waals surface area contributed by atoms with E-state index in [1.807, 2.05) is 30.3 Å². The molecule has 0 saturated carbocycles. The molecular formula is C23H20ClN3O5. The fourth-order valence-corrected chi connectivity index (χ4v) is 3.09. The SMILES string of the molecule is COc1ccc(C(=O)NC(=O)COC(=O)/C=C/c2c(C)nn(-c3ccccc3)c2Cl)cc1. The normalized spacial score (nSPS) is 10.7. The van der Waals surface area contributed by atoms with Crippen LogP contribution >= 0.6 is 11.6 Å². The molecule has 0 unspecified atom stereocenters. The van der Waals surface area contributed by atoms with E-state index in [1.165, 1.54) is 25.3 Å². The lowest BCUT2D eigenvalue weighted by Crippen LogP contribution is -2.34. The smallest absolute Gasteiger partial charge is 0.331 e. The Morgan fingerprint density at radius 2 is 1.78 bits per heavy atom. The number of nitrogens with zero attached hydrogens (tertiary/aromatic N) is 2. The Balaban J connectivity index is 1.55. The number of methoxy groups -OCH3 is 1. The minimum Gasteiger partial charge on any atom is -0.497 e. The number of hydrogen-bond donors (Lipinski definition) is 1. The molecule has 0 atom stereocenters. The van der Waals surface area contributed by atoms with Gasteiger partial charge in [0.1, 0.15) is 10.9 Å². The molecule has 32 heavy (non-hydrogen) atoms. The number of ether oxygens (including phenoxy) is 2. The van der Waals surface area contributed by atoms with Crippen molar-refractivity contribution in [3.63, 3.8) is 0 Å². The van der Waals surface area contributed by atoms with Gasteiger partial charge in [0.25, 0.3) is 11.8 Å². The van der Waals surface area contributed by atoms with Gasteiger partial charge in [-0.3, -0.25) is 14.9 Å². The predicted octanol–water partition coefficient (Wildman–Crippen LogP) is 3.36. The van der Waals surface area contributed by atoms with Gasteiger partial charge in [-0.05, 0) is 49.4 Å². The quantitative estimate of drug-likeness (QED) is 0.435. The largest absolute Gasteiger partial charge is 0.497 e. The second-order valence-corrected chi connectivity index (χ2v) is 6.94. The summed E-state index contributed by atoms with van der Waals surface area (Å²) < 4.78 is 11.5. The summed E-state index contributed by atoms with van der Waals surface area (Å²) >= 11 is 6.40. The van der Waals surface area contributed by atoms with Gasteiger partial charge < -0.3 is 9.47 Å². The van der Waals surface area contributed by atoms with E-state index < -0.39 is 24.4 Å². The Morgan fingerprint density at radius 1 is 1.09 bits per heavy atom. The van der Waals surface area contributed by atoms with Crippen LogP contribution in [0.5, 0.6) is 5.75 Å². The molecule has 1 aromatic heterocycles. The van der Waals surface area contributed by atoms with Crippen LogP contribution in [0.25, 0.3) is 11.8 Å². The van der Waals surface area contributed by atoms with Gasteiger partial charge in [0.05, 0.1) is 18.5 Å². The number of rotatable bonds is 7. The lowest BCUT2D eigenvalue weighted by atomic mass is 10.2. The van der Waals surface area contributed by atoms with E-state index in [-0.39, 0.29) is 5.56 Å². The van der Waals surface area contributed by atoms with Crippen molar-refractivity contribution in [3.05, 3.63) is 82.6 Å². The van der Waals surface area contributed by atoms with E-state index >= 15 is 0 Å². The van der Waals surface area contributed by atoms with Gasteiger partial charge in [-0.1, -0.05) is 29.8 Å². The average molecular weight is 454 g/mol. The summed E-state index contributed by atoms with van der Waals surface area (Å²) in [7, 11) is 1.51. The summed E-state index contributed by atoms with van der Waals surface area (Å²) in [6.45, 7) is 1.15. The maximum absolute atomic E-state index is 12.1. The maximum atomic E-state index is 12.1. The standard InChI is InChI=1S/C23H20ClN3O5/c1-15-19(22(24)27(26-15)17-6-4-3-5-7-17)12-13-21(29)32-14-20(28)25-23(30)16-8-10-18(31-2)11-9-16/h3-13H,14H2,1-2H3,(H,25,28,30)/b13-12+. The molecule has 0 aliphatic rings. The van der Waals surface area contributed by atoms with E-state index in [4.69, 9.17) is 21.1 Å². The van der Waals surface area contributed by atoms with Crippen LogP contribution < -0.4 is 10.1 Å². The first-order chi connectivity index (χ1) is 15.4. The second kappa shape index (κ2) is 10.4. The summed E-state index contributed by atoms with van der Waals surface area (Å²) in [4.78, 5) is 35.9. The third-order valence-electron chi connectivity index (χ3n) is 4.39. The van der Waals surface area contributed by atoms with Crippen molar-refractivity contribution in [1.82, 2.24) is 15.1 Å². The average Bonchev–Trinajstić information content (AvgIpc) is 3.10. The molecule has 1 N–H and O–H groups in total. The number of aryl methyl sites for hydroxylation is 1. The van der Waals surface area contributed by atoms with E-state index in [1.54, 1.807) is 23.7 Å². The first-order valence-corrected chi connectivity index (χ1v) is 9.90. The highest BCUT2D eigenvalue weighted by molar-refractivity contribution is 6.31. The van der Waals surface area contributed by atoms with Crippen molar-refractivity contribution < 1.29 is 23.9 Å². The summed E-state index contributed by atoms with van der Waals surface area (Å²) in [6.07, 6.45) is 2.61. The van der Waals surface area contributed by atoms with E-state index in [0.717, 1.165) is 11.8 Å². The third-order valence-corrected chi connectivity index (χ3v) is 4.75. The molecule has 0 aliphatic carbocycles. The summed E-state index contributed by atoms with van der Waals surface area (Å²) in [5, 5.41) is 6.86. The van der Waals surface area contributed by atoms with Crippen LogP contribution in [0.1, 0.15) is 21.6 Å². The number of carbonyl (C=O) groups is 3. The monoisotopic (exact) mass is 453 g/mol. The van der Waals surface area contributed by atoms with E-state index in [2.05, 4.69) is 10.4 Å². The van der Waals surface area contributed by atoms with Crippen LogP contribution in [-0.4, -0.2) is 41.3 Å². The van der Waals surface area contributed by atoms with Gasteiger partial charge in [-0.25, -0.2) is 9.48 Å². The molecule has 9 heteroatoms. The van der Waals surface area contributed by atoms with Crippen molar-refractivity contribution in [3.8, 4) is 11.4 Å². The van der Waals surface area contributed by atoms with Gasteiger partial charge >= 0.3 is 5.97 Å². The number of esters is 1.